The fourth-order valence-corrected chi connectivity index (χ4v) is 6.31. The summed E-state index contributed by atoms with van der Waals surface area (Å²) in [5.41, 5.74) is 0.421. The van der Waals surface area contributed by atoms with Gasteiger partial charge in [0.15, 0.2) is 0 Å². The molecule has 1 fully saturated rings. The van der Waals surface area contributed by atoms with Crippen LogP contribution in [0.5, 0.6) is 5.75 Å². The van der Waals surface area contributed by atoms with Crippen molar-refractivity contribution >= 4 is 31.6 Å². The number of hydrogen-bond donors (Lipinski definition) is 2. The van der Waals surface area contributed by atoms with Gasteiger partial charge in [-0.25, -0.2) is 22.0 Å². The van der Waals surface area contributed by atoms with Crippen molar-refractivity contribution in [2.75, 3.05) is 25.5 Å². The van der Waals surface area contributed by atoms with Crippen LogP contribution in [0.1, 0.15) is 30.6 Å². The minimum Gasteiger partial charge on any atom is -0.495 e. The highest BCUT2D eigenvalue weighted by Gasteiger charge is 2.31. The molecule has 1 amide bonds. The van der Waals surface area contributed by atoms with E-state index in [-0.39, 0.29) is 38.6 Å². The number of methoxy groups -OCH3 is 1. The molecule has 1 aliphatic rings. The maximum atomic E-state index is 13.0. The molecule has 0 unspecified atom stereocenters. The number of carbonyl (C=O) groups excluding carboxylic acids is 1. The van der Waals surface area contributed by atoms with Gasteiger partial charge >= 0.3 is 0 Å². The molecule has 2 atom stereocenters. The Morgan fingerprint density at radius 2 is 1.62 bits per heavy atom. The smallest absolute Gasteiger partial charge is 0.255 e. The van der Waals surface area contributed by atoms with Crippen molar-refractivity contribution in [2.24, 2.45) is 17.0 Å². The molecule has 0 radical (unpaired) electrons. The number of anilines is 1. The molecule has 174 valence electrons. The van der Waals surface area contributed by atoms with Crippen LogP contribution in [-0.4, -0.2) is 47.2 Å². The van der Waals surface area contributed by atoms with E-state index in [1.54, 1.807) is 0 Å². The highest BCUT2D eigenvalue weighted by Crippen LogP contribution is 2.28. The van der Waals surface area contributed by atoms with Gasteiger partial charge in [-0.3, -0.25) is 4.79 Å². The van der Waals surface area contributed by atoms with Crippen LogP contribution in [-0.2, 0) is 20.0 Å². The van der Waals surface area contributed by atoms with Gasteiger partial charge in [-0.15, -0.1) is 0 Å². The number of nitrogens with zero attached hydrogens (tertiary/aromatic N) is 1. The van der Waals surface area contributed by atoms with Crippen molar-refractivity contribution in [1.82, 2.24) is 4.31 Å². The number of amides is 1. The van der Waals surface area contributed by atoms with Gasteiger partial charge in [0.1, 0.15) is 10.6 Å². The zero-order valence-electron chi connectivity index (χ0n) is 18.1. The van der Waals surface area contributed by atoms with Crippen molar-refractivity contribution in [2.45, 2.75) is 30.1 Å². The molecule has 11 heteroatoms. The van der Waals surface area contributed by atoms with Gasteiger partial charge in [0.25, 0.3) is 5.91 Å². The van der Waals surface area contributed by atoms with E-state index in [4.69, 9.17) is 9.88 Å². The average molecular weight is 482 g/mol. The molecule has 3 rings (SSSR count). The predicted octanol–water partition coefficient (Wildman–Crippen LogP) is 2.26. The summed E-state index contributed by atoms with van der Waals surface area (Å²) in [4.78, 5) is 12.5. The molecule has 2 aromatic rings. The van der Waals surface area contributed by atoms with Crippen LogP contribution in [0.25, 0.3) is 0 Å². The highest BCUT2D eigenvalue weighted by molar-refractivity contribution is 7.89. The lowest BCUT2D eigenvalue weighted by molar-refractivity contribution is 0.102. The number of ether oxygens (including phenoxy) is 1. The van der Waals surface area contributed by atoms with Crippen LogP contribution in [0.3, 0.4) is 0 Å². The number of primary sulfonamides is 1. The van der Waals surface area contributed by atoms with Gasteiger partial charge in [0, 0.05) is 24.3 Å². The third-order valence-corrected chi connectivity index (χ3v) is 8.10. The molecule has 3 N–H and O–H groups in total. The minimum absolute atomic E-state index is 0.0569. The second-order valence-corrected chi connectivity index (χ2v) is 11.6. The van der Waals surface area contributed by atoms with Crippen molar-refractivity contribution < 1.29 is 26.4 Å². The first-order valence-electron chi connectivity index (χ1n) is 10.0. The van der Waals surface area contributed by atoms with Crippen LogP contribution in [0.15, 0.2) is 52.3 Å². The van der Waals surface area contributed by atoms with Crippen LogP contribution in [0.4, 0.5) is 5.69 Å². The molecule has 32 heavy (non-hydrogen) atoms. The summed E-state index contributed by atoms with van der Waals surface area (Å²) in [6, 6.07) is 9.69. The zero-order valence-corrected chi connectivity index (χ0v) is 19.7. The normalized spacial score (nSPS) is 20.0. The number of piperidine rings is 1. The van der Waals surface area contributed by atoms with Crippen LogP contribution >= 0.6 is 0 Å². The summed E-state index contributed by atoms with van der Waals surface area (Å²) in [7, 11) is -6.40. The Morgan fingerprint density at radius 3 is 2.16 bits per heavy atom. The molecule has 1 aliphatic heterocycles. The molecule has 0 saturated carbocycles. The quantitative estimate of drug-likeness (QED) is 0.650. The van der Waals surface area contributed by atoms with Gasteiger partial charge < -0.3 is 10.1 Å². The number of carbonyl (C=O) groups is 1. The van der Waals surface area contributed by atoms with Gasteiger partial charge in [0.05, 0.1) is 12.0 Å². The monoisotopic (exact) mass is 481 g/mol. The molecule has 0 aliphatic carbocycles. The van der Waals surface area contributed by atoms with E-state index >= 15 is 0 Å². The van der Waals surface area contributed by atoms with Gasteiger partial charge in [0.2, 0.25) is 20.0 Å². The molecule has 0 bridgehead atoms. The maximum Gasteiger partial charge on any atom is 0.255 e. The SMILES string of the molecule is COc1ccc(NC(=O)c2ccc(S(=O)(=O)N3C[C@@H](C)C[C@H](C)C3)cc2)cc1S(N)(=O)=O. The average Bonchev–Trinajstić information content (AvgIpc) is 2.72. The summed E-state index contributed by atoms with van der Waals surface area (Å²) in [5, 5.41) is 7.78. The zero-order chi connectivity index (χ0) is 23.7. The fraction of sp³-hybridized carbons (Fsp3) is 0.381. The third kappa shape index (κ3) is 5.29. The molecular weight excluding hydrogens is 454 g/mol. The van der Waals surface area contributed by atoms with Crippen LogP contribution < -0.4 is 15.2 Å². The first kappa shape index (κ1) is 24.2. The number of nitrogens with one attached hydrogen (secondary N) is 1. The molecule has 9 nitrogen and oxygen atoms in total. The Morgan fingerprint density at radius 1 is 1.03 bits per heavy atom. The Bertz CT molecular complexity index is 1200. The van der Waals surface area contributed by atoms with E-state index in [0.717, 1.165) is 6.42 Å². The lowest BCUT2D eigenvalue weighted by atomic mass is 9.94. The maximum absolute atomic E-state index is 13.0. The second kappa shape index (κ2) is 9.18. The van der Waals surface area contributed by atoms with Crippen molar-refractivity contribution in [3.05, 3.63) is 48.0 Å². The van der Waals surface area contributed by atoms with Gasteiger partial charge in [-0.05, 0) is 60.7 Å². The minimum atomic E-state index is -4.06. The number of hydrogen-bond acceptors (Lipinski definition) is 6. The highest BCUT2D eigenvalue weighted by atomic mass is 32.2. The van der Waals surface area contributed by atoms with Crippen LogP contribution in [0.2, 0.25) is 0 Å². The van der Waals surface area contributed by atoms with Gasteiger partial charge in [-0.1, -0.05) is 13.8 Å². The van der Waals surface area contributed by atoms with Gasteiger partial charge in [-0.2, -0.15) is 4.31 Å². The summed E-state index contributed by atoms with van der Waals surface area (Å²) in [6.07, 6.45) is 0.990. The van der Waals surface area contributed by atoms with Crippen molar-refractivity contribution in [3.63, 3.8) is 0 Å². The Kier molecular flexibility index (Phi) is 6.94. The Hall–Kier alpha value is -2.47. The lowest BCUT2D eigenvalue weighted by Gasteiger charge is -2.34. The number of benzene rings is 2. The second-order valence-electron chi connectivity index (χ2n) is 8.16. The molecule has 1 saturated heterocycles. The standard InChI is InChI=1S/C21H27N3O6S2/c1-14-10-15(2)13-24(12-14)32(28,29)18-7-4-16(5-8-18)21(25)23-17-6-9-19(30-3)20(11-17)31(22,26)27/h4-9,11,14-15H,10,12-13H2,1-3H3,(H,23,25)(H2,22,26,27)/t14-,15-/m0/s1. The molecular formula is C21H27N3O6S2. The topological polar surface area (TPSA) is 136 Å². The van der Waals surface area contributed by atoms with Crippen molar-refractivity contribution in [1.29, 1.82) is 0 Å². The fourth-order valence-electron chi connectivity index (χ4n) is 3.91. The molecule has 0 spiro atoms. The first-order valence-corrected chi connectivity index (χ1v) is 13.0. The predicted molar refractivity (Wildman–Crippen MR) is 120 cm³/mol. The number of nitrogens with two attached hydrogens (primary N) is 1. The number of rotatable bonds is 6. The number of sulfonamides is 2. The van der Waals surface area contributed by atoms with E-state index in [1.807, 2.05) is 13.8 Å². The van der Waals surface area contributed by atoms with E-state index in [1.165, 1.54) is 53.9 Å². The molecule has 0 aromatic heterocycles. The Balaban J connectivity index is 1.79. The van der Waals surface area contributed by atoms with E-state index < -0.39 is 26.0 Å². The lowest BCUT2D eigenvalue weighted by Crippen LogP contribution is -2.42. The van der Waals surface area contributed by atoms with E-state index in [0.29, 0.717) is 13.1 Å². The first-order chi connectivity index (χ1) is 14.9. The van der Waals surface area contributed by atoms with Crippen molar-refractivity contribution in [3.8, 4) is 5.75 Å². The molecule has 2 aromatic carbocycles. The summed E-state index contributed by atoms with van der Waals surface area (Å²) in [6.45, 7) is 5.01. The van der Waals surface area contributed by atoms with E-state index in [9.17, 15) is 21.6 Å². The Labute approximate surface area is 188 Å². The summed E-state index contributed by atoms with van der Waals surface area (Å²) >= 11 is 0. The molecule has 1 heterocycles. The third-order valence-electron chi connectivity index (χ3n) is 5.32. The summed E-state index contributed by atoms with van der Waals surface area (Å²) in [5.74, 6) is 0.0942. The van der Waals surface area contributed by atoms with E-state index in [2.05, 4.69) is 5.32 Å². The largest absolute Gasteiger partial charge is 0.495 e. The summed E-state index contributed by atoms with van der Waals surface area (Å²) < 4.78 is 56.0. The van der Waals surface area contributed by atoms with Crippen LogP contribution in [0, 0.1) is 11.8 Å².